The Morgan fingerprint density at radius 1 is 1.13 bits per heavy atom. The zero-order chi connectivity index (χ0) is 16.4. The number of hydrogen-bond donors (Lipinski definition) is 3. The van der Waals surface area contributed by atoms with Gasteiger partial charge in [0.25, 0.3) is 0 Å². The molecule has 1 saturated heterocycles. The molecule has 2 atom stereocenters. The third kappa shape index (κ3) is 3.98. The molecule has 2 aromatic rings. The summed E-state index contributed by atoms with van der Waals surface area (Å²) in [6.45, 7) is 0. The fourth-order valence-corrected chi connectivity index (χ4v) is 3.17. The first-order chi connectivity index (χ1) is 11.0. The van der Waals surface area contributed by atoms with Crippen molar-refractivity contribution in [2.75, 3.05) is 5.32 Å². The summed E-state index contributed by atoms with van der Waals surface area (Å²) in [6, 6.07) is 11.8. The summed E-state index contributed by atoms with van der Waals surface area (Å²) in [4.78, 5) is 12.3. The first-order valence-electron chi connectivity index (χ1n) is 7.05. The topological polar surface area (TPSA) is 53.2 Å². The van der Waals surface area contributed by atoms with Gasteiger partial charge >= 0.3 is 0 Å². The molecule has 0 radical (unpaired) electrons. The second-order valence-corrected chi connectivity index (χ2v) is 7.06. The van der Waals surface area contributed by atoms with Crippen molar-refractivity contribution in [1.82, 2.24) is 10.9 Å². The highest BCUT2D eigenvalue weighted by atomic mass is 79.9. The maximum atomic E-state index is 13.1. The van der Waals surface area contributed by atoms with E-state index in [1.807, 2.05) is 24.3 Å². The number of halogens is 3. The van der Waals surface area contributed by atoms with Crippen LogP contribution in [0.2, 0.25) is 0 Å². The lowest BCUT2D eigenvalue weighted by Gasteiger charge is -2.12. The fourth-order valence-electron chi connectivity index (χ4n) is 2.45. The summed E-state index contributed by atoms with van der Waals surface area (Å²) in [5, 5.41) is 2.80. The van der Waals surface area contributed by atoms with Crippen LogP contribution in [0.1, 0.15) is 18.0 Å². The number of hydrogen-bond acceptors (Lipinski definition) is 3. The minimum atomic E-state index is -0.361. The minimum Gasteiger partial charge on any atom is -0.324 e. The van der Waals surface area contributed by atoms with E-state index in [2.05, 4.69) is 48.0 Å². The van der Waals surface area contributed by atoms with Gasteiger partial charge in [-0.3, -0.25) is 4.79 Å². The van der Waals surface area contributed by atoms with Crippen LogP contribution in [0, 0.1) is 5.82 Å². The Bertz CT molecular complexity index is 724. The van der Waals surface area contributed by atoms with Gasteiger partial charge in [-0.15, -0.1) is 0 Å². The second kappa shape index (κ2) is 7.09. The van der Waals surface area contributed by atoms with E-state index in [1.54, 1.807) is 0 Å². The molecule has 23 heavy (non-hydrogen) atoms. The van der Waals surface area contributed by atoms with Gasteiger partial charge in [-0.25, -0.2) is 15.2 Å². The maximum Gasteiger partial charge on any atom is 0.242 e. The molecule has 0 spiro atoms. The van der Waals surface area contributed by atoms with Gasteiger partial charge in [0.15, 0.2) is 0 Å². The van der Waals surface area contributed by atoms with Gasteiger partial charge in [0, 0.05) is 15.0 Å². The van der Waals surface area contributed by atoms with Crippen molar-refractivity contribution in [3.8, 4) is 0 Å². The summed E-state index contributed by atoms with van der Waals surface area (Å²) in [7, 11) is 0. The number of benzene rings is 2. The molecule has 1 fully saturated rings. The van der Waals surface area contributed by atoms with Gasteiger partial charge in [-0.2, -0.15) is 0 Å². The average Bonchev–Trinajstić information content (AvgIpc) is 3.01. The third-order valence-electron chi connectivity index (χ3n) is 3.68. The molecule has 7 heteroatoms. The largest absolute Gasteiger partial charge is 0.324 e. The summed E-state index contributed by atoms with van der Waals surface area (Å²) >= 11 is 6.65. The summed E-state index contributed by atoms with van der Waals surface area (Å²) in [6.07, 6.45) is 0.631. The number of anilines is 1. The maximum absolute atomic E-state index is 13.1. The Morgan fingerprint density at radius 2 is 1.87 bits per heavy atom. The first-order valence-corrected chi connectivity index (χ1v) is 8.64. The molecule has 3 rings (SSSR count). The fraction of sp³-hybridized carbons (Fsp3) is 0.188. The van der Waals surface area contributed by atoms with E-state index in [1.165, 1.54) is 18.2 Å². The van der Waals surface area contributed by atoms with Gasteiger partial charge in [-0.05, 0) is 58.2 Å². The lowest BCUT2D eigenvalue weighted by atomic mass is 10.0. The number of carbonyl (C=O) groups excluding carboxylic acids is 1. The molecule has 2 aromatic carbocycles. The molecule has 0 saturated carbocycles. The molecule has 3 N–H and O–H groups in total. The van der Waals surface area contributed by atoms with Crippen LogP contribution >= 0.6 is 31.9 Å². The number of amides is 1. The zero-order valence-corrected chi connectivity index (χ0v) is 15.1. The van der Waals surface area contributed by atoms with Crippen molar-refractivity contribution < 1.29 is 9.18 Å². The molecule has 1 aliphatic heterocycles. The van der Waals surface area contributed by atoms with E-state index < -0.39 is 0 Å². The molecule has 1 amide bonds. The number of hydrazine groups is 1. The van der Waals surface area contributed by atoms with Crippen molar-refractivity contribution in [2.24, 2.45) is 0 Å². The van der Waals surface area contributed by atoms with E-state index in [0.29, 0.717) is 16.6 Å². The number of nitrogens with one attached hydrogen (secondary N) is 3. The van der Waals surface area contributed by atoms with E-state index in [-0.39, 0.29) is 23.8 Å². The van der Waals surface area contributed by atoms with Gasteiger partial charge in [-0.1, -0.05) is 28.1 Å². The van der Waals surface area contributed by atoms with Gasteiger partial charge in [0.1, 0.15) is 11.9 Å². The van der Waals surface area contributed by atoms with Gasteiger partial charge in [0.05, 0.1) is 5.69 Å². The Morgan fingerprint density at radius 3 is 2.57 bits per heavy atom. The lowest BCUT2D eigenvalue weighted by Crippen LogP contribution is -2.39. The van der Waals surface area contributed by atoms with Crippen LogP contribution in [-0.4, -0.2) is 11.9 Å². The summed E-state index contributed by atoms with van der Waals surface area (Å²) in [5.41, 5.74) is 7.80. The molecular formula is C16H14Br2FN3O. The predicted molar refractivity (Wildman–Crippen MR) is 94.3 cm³/mol. The van der Waals surface area contributed by atoms with Crippen LogP contribution in [0.25, 0.3) is 0 Å². The number of carbonyl (C=O) groups is 1. The highest BCUT2D eigenvalue weighted by Crippen LogP contribution is 2.26. The highest BCUT2D eigenvalue weighted by Gasteiger charge is 2.30. The van der Waals surface area contributed by atoms with Crippen molar-refractivity contribution >= 4 is 43.5 Å². The number of rotatable bonds is 3. The van der Waals surface area contributed by atoms with Gasteiger partial charge < -0.3 is 5.32 Å². The Kier molecular flexibility index (Phi) is 5.11. The van der Waals surface area contributed by atoms with E-state index in [4.69, 9.17) is 0 Å². The normalized spacial score (nSPS) is 20.5. The molecule has 0 aliphatic carbocycles. The minimum absolute atomic E-state index is 0.0653. The van der Waals surface area contributed by atoms with E-state index >= 15 is 0 Å². The molecule has 1 aliphatic rings. The standard InChI is InChI=1S/C16H14Br2FN3O/c17-10-3-1-9(2-4-10)14-8-15(22-21-14)16(23)20-13-6-5-11(19)7-12(13)18/h1-7,14-15,21-22H,8H2,(H,20,23). The SMILES string of the molecule is O=C(Nc1ccc(F)cc1Br)C1CC(c2ccc(Br)cc2)NN1. The molecule has 120 valence electrons. The van der Waals surface area contributed by atoms with Crippen molar-refractivity contribution in [3.05, 3.63) is 62.8 Å². The first kappa shape index (κ1) is 16.6. The van der Waals surface area contributed by atoms with Crippen molar-refractivity contribution in [3.63, 3.8) is 0 Å². The van der Waals surface area contributed by atoms with Crippen LogP contribution < -0.4 is 16.2 Å². The smallest absolute Gasteiger partial charge is 0.242 e. The Hall–Kier alpha value is -1.28. The Balaban J connectivity index is 1.64. The molecule has 0 bridgehead atoms. The summed E-state index contributed by atoms with van der Waals surface area (Å²) < 4.78 is 14.6. The van der Waals surface area contributed by atoms with Crippen LogP contribution in [0.4, 0.5) is 10.1 Å². The van der Waals surface area contributed by atoms with E-state index in [9.17, 15) is 9.18 Å². The quantitative estimate of drug-likeness (QED) is 0.675. The van der Waals surface area contributed by atoms with Crippen molar-refractivity contribution in [1.29, 1.82) is 0 Å². The molecular weight excluding hydrogens is 429 g/mol. The third-order valence-corrected chi connectivity index (χ3v) is 4.87. The van der Waals surface area contributed by atoms with Crippen LogP contribution in [0.15, 0.2) is 51.4 Å². The van der Waals surface area contributed by atoms with Crippen LogP contribution in [0.3, 0.4) is 0 Å². The zero-order valence-electron chi connectivity index (χ0n) is 11.9. The monoisotopic (exact) mass is 441 g/mol. The average molecular weight is 443 g/mol. The van der Waals surface area contributed by atoms with Crippen molar-refractivity contribution in [2.45, 2.75) is 18.5 Å². The Labute approximate surface area is 150 Å². The summed E-state index contributed by atoms with van der Waals surface area (Å²) in [5.74, 6) is -0.518. The molecule has 4 nitrogen and oxygen atoms in total. The van der Waals surface area contributed by atoms with Gasteiger partial charge in [0.2, 0.25) is 5.91 Å². The molecule has 1 heterocycles. The van der Waals surface area contributed by atoms with Crippen LogP contribution in [-0.2, 0) is 4.79 Å². The predicted octanol–water partition coefficient (Wildman–Crippen LogP) is 3.90. The van der Waals surface area contributed by atoms with E-state index in [0.717, 1.165) is 10.0 Å². The highest BCUT2D eigenvalue weighted by molar-refractivity contribution is 9.10. The lowest BCUT2D eigenvalue weighted by molar-refractivity contribution is -0.117. The van der Waals surface area contributed by atoms with Crippen LogP contribution in [0.5, 0.6) is 0 Å². The molecule has 0 aromatic heterocycles. The second-order valence-electron chi connectivity index (χ2n) is 5.29. The molecule has 2 unspecified atom stereocenters.